The summed E-state index contributed by atoms with van der Waals surface area (Å²) >= 11 is 5.98. The van der Waals surface area contributed by atoms with Gasteiger partial charge in [0.05, 0.1) is 11.7 Å². The van der Waals surface area contributed by atoms with E-state index in [1.807, 2.05) is 31.2 Å². The molecule has 2 aromatic carbocycles. The molecule has 0 saturated heterocycles. The third-order valence-corrected chi connectivity index (χ3v) is 4.15. The monoisotopic (exact) mass is 352 g/mol. The van der Waals surface area contributed by atoms with Crippen LogP contribution in [0.4, 0.5) is 5.69 Å². The van der Waals surface area contributed by atoms with Gasteiger partial charge < -0.3 is 9.84 Å². The summed E-state index contributed by atoms with van der Waals surface area (Å²) < 4.78 is 5.32. The van der Waals surface area contributed by atoms with Crippen LogP contribution in [0, 0.1) is 6.92 Å². The number of amides is 1. The van der Waals surface area contributed by atoms with Gasteiger partial charge in [-0.1, -0.05) is 35.0 Å². The van der Waals surface area contributed by atoms with Crippen molar-refractivity contribution in [3.8, 4) is 11.3 Å². The Morgan fingerprint density at radius 2 is 2.08 bits per heavy atom. The third-order valence-electron chi connectivity index (χ3n) is 3.92. The van der Waals surface area contributed by atoms with E-state index in [4.69, 9.17) is 16.1 Å². The number of halogens is 1. The number of rotatable bonds is 3. The van der Waals surface area contributed by atoms with Crippen molar-refractivity contribution in [2.24, 2.45) is 0 Å². The summed E-state index contributed by atoms with van der Waals surface area (Å²) in [4.78, 5) is 12.4. The van der Waals surface area contributed by atoms with Crippen LogP contribution in [0.2, 0.25) is 5.02 Å². The second kappa shape index (κ2) is 6.07. The highest BCUT2D eigenvalue weighted by Gasteiger charge is 2.15. The number of nitrogens with zero attached hydrogens (tertiary/aromatic N) is 2. The highest BCUT2D eigenvalue weighted by molar-refractivity contribution is 6.31. The molecule has 0 atom stereocenters. The Kier molecular flexibility index (Phi) is 3.74. The summed E-state index contributed by atoms with van der Waals surface area (Å²) in [5.74, 6) is 0.146. The molecule has 7 heteroatoms. The van der Waals surface area contributed by atoms with Gasteiger partial charge in [-0.3, -0.25) is 9.89 Å². The molecular formula is C18H13ClN4O2. The van der Waals surface area contributed by atoms with E-state index < -0.39 is 0 Å². The molecule has 2 aromatic heterocycles. The predicted molar refractivity (Wildman–Crippen MR) is 95.7 cm³/mol. The number of carbonyl (C=O) groups is 1. The molecule has 6 nitrogen and oxygen atoms in total. The van der Waals surface area contributed by atoms with Gasteiger partial charge in [0.25, 0.3) is 5.91 Å². The Morgan fingerprint density at radius 1 is 1.20 bits per heavy atom. The Bertz CT molecular complexity index is 1080. The molecule has 0 unspecified atom stereocenters. The first-order chi connectivity index (χ1) is 12.1. The molecule has 124 valence electrons. The minimum Gasteiger partial charge on any atom is -0.355 e. The van der Waals surface area contributed by atoms with Crippen LogP contribution in [-0.4, -0.2) is 21.3 Å². The minimum atomic E-state index is -0.358. The van der Waals surface area contributed by atoms with E-state index in [1.54, 1.807) is 24.4 Å². The molecule has 0 fully saturated rings. The number of nitrogens with one attached hydrogen (secondary N) is 2. The van der Waals surface area contributed by atoms with Crippen LogP contribution in [0.15, 0.2) is 53.2 Å². The number of benzene rings is 2. The molecule has 0 spiro atoms. The van der Waals surface area contributed by atoms with E-state index >= 15 is 0 Å². The van der Waals surface area contributed by atoms with Gasteiger partial charge in [-0.15, -0.1) is 0 Å². The first-order valence-electron chi connectivity index (χ1n) is 7.58. The van der Waals surface area contributed by atoms with Crippen LogP contribution < -0.4 is 5.32 Å². The standard InChI is InChI=1S/C18H13ClN4O2/c1-10-2-5-13(19)7-14(10)21-18(24)16-8-17(25-23-16)11-3-4-12-9-20-22-15(12)6-11/h2-9H,1H3,(H,20,22)(H,21,24). The maximum atomic E-state index is 12.4. The largest absolute Gasteiger partial charge is 0.355 e. The zero-order valence-electron chi connectivity index (χ0n) is 13.2. The van der Waals surface area contributed by atoms with Crippen LogP contribution in [0.1, 0.15) is 16.1 Å². The molecule has 2 heterocycles. The number of hydrogen-bond acceptors (Lipinski definition) is 4. The van der Waals surface area contributed by atoms with Crippen molar-refractivity contribution in [2.45, 2.75) is 6.92 Å². The Hall–Kier alpha value is -3.12. The van der Waals surface area contributed by atoms with E-state index in [9.17, 15) is 4.79 Å². The highest BCUT2D eigenvalue weighted by atomic mass is 35.5. The highest BCUT2D eigenvalue weighted by Crippen LogP contribution is 2.25. The van der Waals surface area contributed by atoms with Gasteiger partial charge in [-0.2, -0.15) is 5.10 Å². The summed E-state index contributed by atoms with van der Waals surface area (Å²) in [6.45, 7) is 1.89. The van der Waals surface area contributed by atoms with Gasteiger partial charge >= 0.3 is 0 Å². The van der Waals surface area contributed by atoms with Crippen molar-refractivity contribution in [1.82, 2.24) is 15.4 Å². The molecule has 0 aliphatic heterocycles. The lowest BCUT2D eigenvalue weighted by Crippen LogP contribution is -2.13. The molecular weight excluding hydrogens is 340 g/mol. The molecule has 0 bridgehead atoms. The number of fused-ring (bicyclic) bond motifs is 1. The predicted octanol–water partition coefficient (Wildman–Crippen LogP) is 4.43. The Balaban J connectivity index is 1.59. The second-order valence-corrected chi connectivity index (χ2v) is 6.10. The van der Waals surface area contributed by atoms with Crippen molar-refractivity contribution < 1.29 is 9.32 Å². The summed E-state index contributed by atoms with van der Waals surface area (Å²) in [5.41, 5.74) is 3.43. The molecule has 0 radical (unpaired) electrons. The van der Waals surface area contributed by atoms with Crippen LogP contribution in [0.3, 0.4) is 0 Å². The topological polar surface area (TPSA) is 83.8 Å². The Labute approximate surface area is 147 Å². The molecule has 0 saturated carbocycles. The van der Waals surface area contributed by atoms with Gasteiger partial charge in [0.1, 0.15) is 0 Å². The lowest BCUT2D eigenvalue weighted by Gasteiger charge is -2.06. The normalized spacial score (nSPS) is 11.0. The van der Waals surface area contributed by atoms with Crippen LogP contribution in [0.25, 0.3) is 22.2 Å². The summed E-state index contributed by atoms with van der Waals surface area (Å²) in [6.07, 6.45) is 1.74. The van der Waals surface area contributed by atoms with Crippen molar-refractivity contribution in [3.05, 3.63) is 64.9 Å². The van der Waals surface area contributed by atoms with E-state index in [0.717, 1.165) is 22.0 Å². The van der Waals surface area contributed by atoms with E-state index in [1.165, 1.54) is 0 Å². The second-order valence-electron chi connectivity index (χ2n) is 5.66. The number of aryl methyl sites for hydroxylation is 1. The van der Waals surface area contributed by atoms with Gasteiger partial charge in [0.15, 0.2) is 11.5 Å². The molecule has 2 N–H and O–H groups in total. The maximum absolute atomic E-state index is 12.4. The van der Waals surface area contributed by atoms with Gasteiger partial charge in [-0.25, -0.2) is 0 Å². The van der Waals surface area contributed by atoms with Crippen molar-refractivity contribution >= 4 is 34.1 Å². The zero-order chi connectivity index (χ0) is 17.4. The molecule has 4 aromatic rings. The summed E-state index contributed by atoms with van der Waals surface area (Å²) in [5, 5.41) is 15.1. The SMILES string of the molecule is Cc1ccc(Cl)cc1NC(=O)c1cc(-c2ccc3cn[nH]c3c2)on1. The summed E-state index contributed by atoms with van der Waals surface area (Å²) in [7, 11) is 0. The molecule has 0 aliphatic rings. The van der Waals surface area contributed by atoms with Crippen molar-refractivity contribution in [1.29, 1.82) is 0 Å². The fourth-order valence-corrected chi connectivity index (χ4v) is 2.70. The fraction of sp³-hybridized carbons (Fsp3) is 0.0556. The molecule has 25 heavy (non-hydrogen) atoms. The van der Waals surface area contributed by atoms with E-state index in [0.29, 0.717) is 16.5 Å². The van der Waals surface area contributed by atoms with Crippen LogP contribution in [0.5, 0.6) is 0 Å². The third kappa shape index (κ3) is 2.99. The maximum Gasteiger partial charge on any atom is 0.277 e. The lowest BCUT2D eigenvalue weighted by molar-refractivity contribution is 0.101. The van der Waals surface area contributed by atoms with Crippen molar-refractivity contribution in [3.63, 3.8) is 0 Å². The first kappa shape index (κ1) is 15.4. The van der Waals surface area contributed by atoms with Crippen LogP contribution in [-0.2, 0) is 0 Å². The van der Waals surface area contributed by atoms with Gasteiger partial charge in [0.2, 0.25) is 0 Å². The number of H-pyrrole nitrogens is 1. The average molecular weight is 353 g/mol. The number of carbonyl (C=O) groups excluding carboxylic acids is 1. The number of aromatic nitrogens is 3. The molecule has 4 rings (SSSR count). The smallest absolute Gasteiger partial charge is 0.277 e. The summed E-state index contributed by atoms with van der Waals surface area (Å²) in [6, 6.07) is 12.6. The quantitative estimate of drug-likeness (QED) is 0.571. The van der Waals surface area contributed by atoms with Crippen LogP contribution >= 0.6 is 11.6 Å². The number of anilines is 1. The molecule has 0 aliphatic carbocycles. The average Bonchev–Trinajstić information content (AvgIpc) is 3.26. The van der Waals surface area contributed by atoms with Crippen molar-refractivity contribution in [2.75, 3.05) is 5.32 Å². The first-order valence-corrected chi connectivity index (χ1v) is 7.96. The van der Waals surface area contributed by atoms with Gasteiger partial charge in [0, 0.05) is 27.7 Å². The number of hydrogen-bond donors (Lipinski definition) is 2. The molecule has 1 amide bonds. The zero-order valence-corrected chi connectivity index (χ0v) is 14.0. The Morgan fingerprint density at radius 3 is 2.96 bits per heavy atom. The fourth-order valence-electron chi connectivity index (χ4n) is 2.52. The van der Waals surface area contributed by atoms with E-state index in [-0.39, 0.29) is 11.6 Å². The number of aromatic amines is 1. The van der Waals surface area contributed by atoms with E-state index in [2.05, 4.69) is 20.7 Å². The minimum absolute atomic E-state index is 0.194. The lowest BCUT2D eigenvalue weighted by atomic mass is 10.1. The van der Waals surface area contributed by atoms with Gasteiger partial charge in [-0.05, 0) is 30.7 Å².